The molecule has 0 radical (unpaired) electrons. The molecule has 62 valence electrons. The minimum Gasteiger partial charge on any atom is -0.297 e. The molecule has 0 bridgehead atoms. The van der Waals surface area contributed by atoms with E-state index in [-0.39, 0.29) is 0 Å². The van der Waals surface area contributed by atoms with E-state index in [2.05, 4.69) is 9.78 Å². The van der Waals surface area contributed by atoms with Crippen molar-refractivity contribution in [3.05, 3.63) is 0 Å². The van der Waals surface area contributed by atoms with E-state index in [4.69, 9.17) is 5.26 Å². The molecule has 0 aromatic rings. The summed E-state index contributed by atoms with van der Waals surface area (Å²) in [5, 5.41) is 8.39. The van der Waals surface area contributed by atoms with Gasteiger partial charge >= 0.3 is 5.97 Å². The standard InChI is InChI=1S/C7H11NO3/c1-3-6(5-8)7(9)11-10-4-2/h6H,3-4H2,1-2H3. The molecule has 0 N–H and O–H groups in total. The summed E-state index contributed by atoms with van der Waals surface area (Å²) in [5.74, 6) is -1.32. The molecule has 0 amide bonds. The van der Waals surface area contributed by atoms with Gasteiger partial charge in [-0.15, -0.1) is 0 Å². The maximum absolute atomic E-state index is 10.8. The minimum absolute atomic E-state index is 0.299. The highest BCUT2D eigenvalue weighted by molar-refractivity contribution is 5.74. The maximum Gasteiger partial charge on any atom is 0.359 e. The van der Waals surface area contributed by atoms with Crippen molar-refractivity contribution in [2.24, 2.45) is 5.92 Å². The summed E-state index contributed by atoms with van der Waals surface area (Å²) in [4.78, 5) is 19.4. The molecule has 0 aliphatic carbocycles. The number of carbonyl (C=O) groups excluding carboxylic acids is 1. The van der Waals surface area contributed by atoms with E-state index in [0.29, 0.717) is 13.0 Å². The summed E-state index contributed by atoms with van der Waals surface area (Å²) in [6, 6.07) is 1.81. The number of carbonyl (C=O) groups is 1. The monoisotopic (exact) mass is 157 g/mol. The highest BCUT2D eigenvalue weighted by Crippen LogP contribution is 2.02. The zero-order valence-corrected chi connectivity index (χ0v) is 6.66. The average Bonchev–Trinajstić information content (AvgIpc) is 2.03. The molecular weight excluding hydrogens is 146 g/mol. The van der Waals surface area contributed by atoms with Crippen molar-refractivity contribution in [3.8, 4) is 6.07 Å². The van der Waals surface area contributed by atoms with Gasteiger partial charge in [0.25, 0.3) is 0 Å². The molecule has 0 saturated heterocycles. The van der Waals surface area contributed by atoms with Gasteiger partial charge in [0.15, 0.2) is 0 Å². The molecule has 1 unspecified atom stereocenters. The lowest BCUT2D eigenvalue weighted by atomic mass is 10.1. The van der Waals surface area contributed by atoms with E-state index < -0.39 is 11.9 Å². The summed E-state index contributed by atoms with van der Waals surface area (Å²) < 4.78 is 0. The van der Waals surface area contributed by atoms with E-state index in [0.717, 1.165) is 0 Å². The van der Waals surface area contributed by atoms with Gasteiger partial charge in [-0.3, -0.25) is 4.89 Å². The van der Waals surface area contributed by atoms with Crippen molar-refractivity contribution in [3.63, 3.8) is 0 Å². The van der Waals surface area contributed by atoms with E-state index in [9.17, 15) is 4.79 Å². The summed E-state index contributed by atoms with van der Waals surface area (Å²) in [6.45, 7) is 3.73. The predicted molar refractivity (Wildman–Crippen MR) is 37.1 cm³/mol. The fourth-order valence-corrected chi connectivity index (χ4v) is 0.486. The SMILES string of the molecule is CCOOC(=O)C(C#N)CC. The number of nitriles is 1. The third-order valence-electron chi connectivity index (χ3n) is 1.11. The van der Waals surface area contributed by atoms with Crippen LogP contribution in [0.1, 0.15) is 20.3 Å². The summed E-state index contributed by atoms with van der Waals surface area (Å²) >= 11 is 0. The van der Waals surface area contributed by atoms with Gasteiger partial charge in [0.2, 0.25) is 0 Å². The first-order valence-electron chi connectivity index (χ1n) is 3.49. The van der Waals surface area contributed by atoms with Gasteiger partial charge in [0.1, 0.15) is 5.92 Å². The van der Waals surface area contributed by atoms with Crippen molar-refractivity contribution < 1.29 is 14.6 Å². The van der Waals surface area contributed by atoms with Crippen LogP contribution in [0.15, 0.2) is 0 Å². The van der Waals surface area contributed by atoms with Crippen molar-refractivity contribution in [2.75, 3.05) is 6.61 Å². The lowest BCUT2D eigenvalue weighted by Gasteiger charge is -2.03. The summed E-state index contributed by atoms with van der Waals surface area (Å²) in [6.07, 6.45) is 0.447. The van der Waals surface area contributed by atoms with Gasteiger partial charge in [-0.25, -0.2) is 4.79 Å². The molecule has 0 fully saturated rings. The molecule has 0 aromatic heterocycles. The molecule has 4 heteroatoms. The van der Waals surface area contributed by atoms with Crippen LogP contribution in [0.25, 0.3) is 0 Å². The molecule has 0 rings (SSSR count). The molecule has 4 nitrogen and oxygen atoms in total. The molecular formula is C7H11NO3. The molecule has 0 spiro atoms. The van der Waals surface area contributed by atoms with Gasteiger partial charge in [-0.1, -0.05) is 6.92 Å². The van der Waals surface area contributed by atoms with Gasteiger partial charge in [0, 0.05) is 0 Å². The van der Waals surface area contributed by atoms with Crippen molar-refractivity contribution in [1.82, 2.24) is 0 Å². The van der Waals surface area contributed by atoms with Gasteiger partial charge in [-0.05, 0) is 13.3 Å². The number of nitrogens with zero attached hydrogens (tertiary/aromatic N) is 1. The molecule has 0 heterocycles. The van der Waals surface area contributed by atoms with Crippen LogP contribution in [0, 0.1) is 17.2 Å². The molecule has 0 aromatic carbocycles. The Kier molecular flexibility index (Phi) is 5.13. The quantitative estimate of drug-likeness (QED) is 0.451. The number of rotatable bonds is 4. The van der Waals surface area contributed by atoms with Crippen LogP contribution in [0.2, 0.25) is 0 Å². The zero-order valence-electron chi connectivity index (χ0n) is 6.66. The average molecular weight is 157 g/mol. The topological polar surface area (TPSA) is 59.3 Å². The second kappa shape index (κ2) is 5.69. The van der Waals surface area contributed by atoms with Crippen molar-refractivity contribution >= 4 is 5.97 Å². The van der Waals surface area contributed by atoms with Gasteiger partial charge < -0.3 is 0 Å². The normalized spacial score (nSPS) is 11.7. The maximum atomic E-state index is 10.8. The van der Waals surface area contributed by atoms with Gasteiger partial charge in [-0.2, -0.15) is 10.1 Å². The first kappa shape index (κ1) is 9.92. The van der Waals surface area contributed by atoms with E-state index in [1.807, 2.05) is 0 Å². The fourth-order valence-electron chi connectivity index (χ4n) is 0.486. The van der Waals surface area contributed by atoms with Crippen LogP contribution >= 0.6 is 0 Å². The zero-order chi connectivity index (χ0) is 8.69. The Morgan fingerprint density at radius 2 is 2.27 bits per heavy atom. The summed E-state index contributed by atoms with van der Waals surface area (Å²) in [7, 11) is 0. The number of hydrogen-bond donors (Lipinski definition) is 0. The van der Waals surface area contributed by atoms with Crippen LogP contribution in [0.5, 0.6) is 0 Å². The minimum atomic E-state index is -0.707. The number of hydrogen-bond acceptors (Lipinski definition) is 4. The highest BCUT2D eigenvalue weighted by atomic mass is 17.2. The predicted octanol–water partition coefficient (Wildman–Crippen LogP) is 1.03. The fraction of sp³-hybridized carbons (Fsp3) is 0.714. The lowest BCUT2D eigenvalue weighted by molar-refractivity contribution is -0.272. The summed E-state index contributed by atoms with van der Waals surface area (Å²) in [5.41, 5.74) is 0. The third kappa shape index (κ3) is 3.58. The van der Waals surface area contributed by atoms with Crippen LogP contribution in [0.4, 0.5) is 0 Å². The largest absolute Gasteiger partial charge is 0.359 e. The third-order valence-corrected chi connectivity index (χ3v) is 1.11. The Bertz CT molecular complexity index is 162. The second-order valence-corrected chi connectivity index (χ2v) is 1.90. The smallest absolute Gasteiger partial charge is 0.297 e. The first-order valence-corrected chi connectivity index (χ1v) is 3.49. The van der Waals surface area contributed by atoms with Crippen LogP contribution in [-0.2, 0) is 14.6 Å². The Balaban J connectivity index is 3.72. The van der Waals surface area contributed by atoms with Crippen molar-refractivity contribution in [2.45, 2.75) is 20.3 Å². The first-order chi connectivity index (χ1) is 5.26. The van der Waals surface area contributed by atoms with Crippen molar-refractivity contribution in [1.29, 1.82) is 5.26 Å². The molecule has 1 atom stereocenters. The lowest BCUT2D eigenvalue weighted by Crippen LogP contribution is -2.15. The Morgan fingerprint density at radius 3 is 2.64 bits per heavy atom. The molecule has 0 aliphatic heterocycles. The Hall–Kier alpha value is -1.08. The second-order valence-electron chi connectivity index (χ2n) is 1.90. The Labute approximate surface area is 65.6 Å². The Morgan fingerprint density at radius 1 is 1.64 bits per heavy atom. The van der Waals surface area contributed by atoms with Crippen LogP contribution in [-0.4, -0.2) is 12.6 Å². The van der Waals surface area contributed by atoms with E-state index >= 15 is 0 Å². The molecule has 0 saturated carbocycles. The van der Waals surface area contributed by atoms with Crippen LogP contribution < -0.4 is 0 Å². The van der Waals surface area contributed by atoms with E-state index in [1.165, 1.54) is 0 Å². The van der Waals surface area contributed by atoms with Gasteiger partial charge in [0.05, 0.1) is 12.7 Å². The highest BCUT2D eigenvalue weighted by Gasteiger charge is 2.17. The molecule has 0 aliphatic rings. The van der Waals surface area contributed by atoms with Crippen LogP contribution in [0.3, 0.4) is 0 Å². The van der Waals surface area contributed by atoms with E-state index in [1.54, 1.807) is 19.9 Å². The molecule has 11 heavy (non-hydrogen) atoms.